The maximum Gasteiger partial charge on any atom is 0.238 e. The maximum atomic E-state index is 11.3. The summed E-state index contributed by atoms with van der Waals surface area (Å²) in [6.45, 7) is 3.99. The van der Waals surface area contributed by atoms with E-state index in [9.17, 15) is 8.42 Å². The number of primary sulfonamides is 1. The molecule has 1 unspecified atom stereocenters. The zero-order valence-corrected chi connectivity index (χ0v) is 14.1. The minimum Gasteiger partial charge on any atom is -0.377 e. The first-order chi connectivity index (χ1) is 9.29. The Morgan fingerprint density at radius 1 is 1.45 bits per heavy atom. The van der Waals surface area contributed by atoms with Crippen molar-refractivity contribution in [3.05, 3.63) is 38.8 Å². The molecule has 0 amide bonds. The molecule has 1 atom stereocenters. The quantitative estimate of drug-likeness (QED) is 0.859. The molecule has 5 nitrogen and oxygen atoms in total. The van der Waals surface area contributed by atoms with E-state index in [4.69, 9.17) is 5.14 Å². The SMILES string of the molecule is Cc1ncsc1C(C)Nc1ccc(S(N)(=O)=O)cc1Br. The number of sulfonamides is 1. The zero-order chi connectivity index (χ0) is 14.9. The van der Waals surface area contributed by atoms with Crippen LogP contribution in [0.3, 0.4) is 0 Å². The van der Waals surface area contributed by atoms with Crippen LogP contribution in [0.1, 0.15) is 23.5 Å². The second-order valence-electron chi connectivity index (χ2n) is 4.35. The topological polar surface area (TPSA) is 85.1 Å². The molecule has 0 aliphatic carbocycles. The van der Waals surface area contributed by atoms with Gasteiger partial charge in [-0.1, -0.05) is 0 Å². The summed E-state index contributed by atoms with van der Waals surface area (Å²) in [4.78, 5) is 5.45. The Morgan fingerprint density at radius 3 is 2.65 bits per heavy atom. The molecule has 0 saturated carbocycles. The second kappa shape index (κ2) is 5.80. The van der Waals surface area contributed by atoms with Crippen molar-refractivity contribution in [2.75, 3.05) is 5.32 Å². The van der Waals surface area contributed by atoms with Crippen LogP contribution in [0.4, 0.5) is 5.69 Å². The van der Waals surface area contributed by atoms with Crippen LogP contribution < -0.4 is 10.5 Å². The van der Waals surface area contributed by atoms with E-state index in [0.717, 1.165) is 16.3 Å². The Kier molecular flexibility index (Phi) is 4.48. The third-order valence-electron chi connectivity index (χ3n) is 2.82. The minimum absolute atomic E-state index is 0.0801. The summed E-state index contributed by atoms with van der Waals surface area (Å²) in [5, 5.41) is 8.42. The highest BCUT2D eigenvalue weighted by molar-refractivity contribution is 9.10. The van der Waals surface area contributed by atoms with Crippen molar-refractivity contribution in [1.82, 2.24) is 4.98 Å². The lowest BCUT2D eigenvalue weighted by molar-refractivity contribution is 0.598. The Morgan fingerprint density at radius 2 is 2.15 bits per heavy atom. The maximum absolute atomic E-state index is 11.3. The molecule has 2 rings (SSSR count). The van der Waals surface area contributed by atoms with Crippen molar-refractivity contribution in [2.45, 2.75) is 24.8 Å². The van der Waals surface area contributed by atoms with Crippen molar-refractivity contribution in [3.63, 3.8) is 0 Å². The minimum atomic E-state index is -3.69. The smallest absolute Gasteiger partial charge is 0.238 e. The lowest BCUT2D eigenvalue weighted by atomic mass is 10.2. The molecule has 20 heavy (non-hydrogen) atoms. The third-order valence-corrected chi connectivity index (χ3v) is 5.50. The van der Waals surface area contributed by atoms with Gasteiger partial charge in [-0.3, -0.25) is 0 Å². The largest absolute Gasteiger partial charge is 0.377 e. The van der Waals surface area contributed by atoms with Gasteiger partial charge in [0.25, 0.3) is 0 Å². The van der Waals surface area contributed by atoms with E-state index in [0.29, 0.717) is 4.47 Å². The predicted molar refractivity (Wildman–Crippen MR) is 84.4 cm³/mol. The molecule has 0 fully saturated rings. The average Bonchev–Trinajstić information content (AvgIpc) is 2.76. The van der Waals surface area contributed by atoms with E-state index in [1.165, 1.54) is 12.1 Å². The number of nitrogens with zero attached hydrogens (tertiary/aromatic N) is 1. The van der Waals surface area contributed by atoms with Crippen LogP contribution in [0.5, 0.6) is 0 Å². The van der Waals surface area contributed by atoms with Gasteiger partial charge >= 0.3 is 0 Å². The fraction of sp³-hybridized carbons (Fsp3) is 0.250. The normalized spacial score (nSPS) is 13.2. The van der Waals surface area contributed by atoms with Gasteiger partial charge in [0.15, 0.2) is 0 Å². The van der Waals surface area contributed by atoms with Gasteiger partial charge in [-0.15, -0.1) is 11.3 Å². The summed E-state index contributed by atoms with van der Waals surface area (Å²) >= 11 is 4.94. The summed E-state index contributed by atoms with van der Waals surface area (Å²) in [5.74, 6) is 0. The highest BCUT2D eigenvalue weighted by Gasteiger charge is 2.14. The van der Waals surface area contributed by atoms with Crippen molar-refractivity contribution >= 4 is 43.0 Å². The number of benzene rings is 1. The molecular weight excluding hydrogens is 362 g/mol. The second-order valence-corrected chi connectivity index (χ2v) is 7.66. The summed E-state index contributed by atoms with van der Waals surface area (Å²) in [7, 11) is -3.69. The lowest BCUT2D eigenvalue weighted by Gasteiger charge is -2.16. The number of hydrogen-bond donors (Lipinski definition) is 2. The molecule has 0 radical (unpaired) electrons. The summed E-state index contributed by atoms with van der Waals surface area (Å²) in [6.07, 6.45) is 0. The van der Waals surface area contributed by atoms with E-state index in [2.05, 4.69) is 26.2 Å². The Bertz CT molecular complexity index is 728. The Balaban J connectivity index is 2.25. The number of hydrogen-bond acceptors (Lipinski definition) is 5. The van der Waals surface area contributed by atoms with Gasteiger partial charge in [-0.2, -0.15) is 0 Å². The predicted octanol–water partition coefficient (Wildman–Crippen LogP) is 3.03. The van der Waals surface area contributed by atoms with E-state index in [1.54, 1.807) is 17.4 Å². The molecule has 8 heteroatoms. The van der Waals surface area contributed by atoms with Crippen LogP contribution in [0, 0.1) is 6.92 Å². The molecule has 0 spiro atoms. The lowest BCUT2D eigenvalue weighted by Crippen LogP contribution is -2.12. The number of aryl methyl sites for hydroxylation is 1. The number of anilines is 1. The van der Waals surface area contributed by atoms with Gasteiger partial charge in [-0.25, -0.2) is 18.5 Å². The van der Waals surface area contributed by atoms with E-state index in [-0.39, 0.29) is 10.9 Å². The molecule has 3 N–H and O–H groups in total. The number of nitrogens with two attached hydrogens (primary N) is 1. The first-order valence-corrected chi connectivity index (χ1v) is 9.00. The number of aromatic nitrogens is 1. The van der Waals surface area contributed by atoms with Gasteiger partial charge < -0.3 is 5.32 Å². The van der Waals surface area contributed by atoms with Crippen LogP contribution >= 0.6 is 27.3 Å². The standard InChI is InChI=1S/C12H14BrN3O2S2/c1-7-12(19-6-15-7)8(2)16-11-4-3-9(5-10(11)13)20(14,17)18/h3-6,8,16H,1-2H3,(H2,14,17,18). The average molecular weight is 376 g/mol. The Labute approximate surface area is 130 Å². The van der Waals surface area contributed by atoms with Gasteiger partial charge in [0, 0.05) is 15.0 Å². The third kappa shape index (κ3) is 3.38. The molecule has 0 saturated heterocycles. The summed E-state index contributed by atoms with van der Waals surface area (Å²) in [6, 6.07) is 4.74. The van der Waals surface area contributed by atoms with Crippen LogP contribution in [0.15, 0.2) is 33.1 Å². The zero-order valence-electron chi connectivity index (χ0n) is 10.9. The van der Waals surface area contributed by atoms with Gasteiger partial charge in [0.2, 0.25) is 10.0 Å². The highest BCUT2D eigenvalue weighted by Crippen LogP contribution is 2.30. The summed E-state index contributed by atoms with van der Waals surface area (Å²) in [5.41, 5.74) is 3.60. The number of nitrogens with one attached hydrogen (secondary N) is 1. The molecule has 1 aromatic carbocycles. The monoisotopic (exact) mass is 375 g/mol. The Hall–Kier alpha value is -0.960. The van der Waals surface area contributed by atoms with Crippen LogP contribution in [0.25, 0.3) is 0 Å². The van der Waals surface area contributed by atoms with Crippen molar-refractivity contribution in [2.24, 2.45) is 5.14 Å². The van der Waals surface area contributed by atoms with Crippen molar-refractivity contribution < 1.29 is 8.42 Å². The van der Waals surface area contributed by atoms with Gasteiger partial charge in [0.1, 0.15) is 0 Å². The van der Waals surface area contributed by atoms with Gasteiger partial charge in [0.05, 0.1) is 22.1 Å². The van der Waals surface area contributed by atoms with Crippen LogP contribution in [-0.4, -0.2) is 13.4 Å². The molecule has 1 heterocycles. The first-order valence-electron chi connectivity index (χ1n) is 5.78. The van der Waals surface area contributed by atoms with E-state index in [1.807, 2.05) is 19.4 Å². The fourth-order valence-electron chi connectivity index (χ4n) is 1.82. The highest BCUT2D eigenvalue weighted by atomic mass is 79.9. The van der Waals surface area contributed by atoms with Crippen molar-refractivity contribution in [1.29, 1.82) is 0 Å². The number of halogens is 1. The van der Waals surface area contributed by atoms with E-state index >= 15 is 0 Å². The van der Waals surface area contributed by atoms with E-state index < -0.39 is 10.0 Å². The molecule has 0 aliphatic rings. The fourth-order valence-corrected chi connectivity index (χ4v) is 3.81. The van der Waals surface area contributed by atoms with Crippen LogP contribution in [0.2, 0.25) is 0 Å². The van der Waals surface area contributed by atoms with Gasteiger partial charge in [-0.05, 0) is 48.0 Å². The molecule has 108 valence electrons. The molecule has 1 aromatic heterocycles. The molecule has 2 aromatic rings. The van der Waals surface area contributed by atoms with Crippen LogP contribution in [-0.2, 0) is 10.0 Å². The first kappa shape index (κ1) is 15.4. The molecule has 0 bridgehead atoms. The van der Waals surface area contributed by atoms with Crippen molar-refractivity contribution in [3.8, 4) is 0 Å². The molecule has 0 aliphatic heterocycles. The number of thiazole rings is 1. The number of rotatable bonds is 4. The molecular formula is C12H14BrN3O2S2. The summed E-state index contributed by atoms with van der Waals surface area (Å²) < 4.78 is 23.2.